The Balaban J connectivity index is 2.16. The smallest absolute Gasteiger partial charge is 0.339 e. The molecule has 0 radical (unpaired) electrons. The maximum Gasteiger partial charge on any atom is 0.339 e. The SMILES string of the molecule is COc1cccc(CNc2ncc(N)cc2C(=O)O)c1. The number of pyridine rings is 1. The van der Waals surface area contributed by atoms with Crippen molar-refractivity contribution >= 4 is 17.5 Å². The molecule has 1 aromatic heterocycles. The van der Waals surface area contributed by atoms with Crippen molar-refractivity contribution in [3.63, 3.8) is 0 Å². The Morgan fingerprint density at radius 1 is 1.45 bits per heavy atom. The van der Waals surface area contributed by atoms with Gasteiger partial charge in [-0.15, -0.1) is 0 Å². The normalized spacial score (nSPS) is 10.1. The molecule has 0 aliphatic carbocycles. The Morgan fingerprint density at radius 2 is 2.25 bits per heavy atom. The number of aromatic nitrogens is 1. The van der Waals surface area contributed by atoms with Crippen LogP contribution in [-0.2, 0) is 6.54 Å². The summed E-state index contributed by atoms with van der Waals surface area (Å²) >= 11 is 0. The van der Waals surface area contributed by atoms with E-state index in [4.69, 9.17) is 15.6 Å². The van der Waals surface area contributed by atoms with Gasteiger partial charge in [0.1, 0.15) is 17.1 Å². The first-order chi connectivity index (χ1) is 9.60. The molecule has 0 spiro atoms. The van der Waals surface area contributed by atoms with Crippen molar-refractivity contribution in [2.75, 3.05) is 18.2 Å². The van der Waals surface area contributed by atoms with Crippen molar-refractivity contribution in [1.29, 1.82) is 0 Å². The van der Waals surface area contributed by atoms with Gasteiger partial charge in [-0.2, -0.15) is 0 Å². The molecule has 20 heavy (non-hydrogen) atoms. The Labute approximate surface area is 116 Å². The topological polar surface area (TPSA) is 97.5 Å². The van der Waals surface area contributed by atoms with Crippen molar-refractivity contribution in [3.8, 4) is 5.75 Å². The third-order valence-corrected chi connectivity index (χ3v) is 2.73. The maximum absolute atomic E-state index is 11.1. The van der Waals surface area contributed by atoms with E-state index < -0.39 is 5.97 Å². The molecule has 1 heterocycles. The predicted molar refractivity (Wildman–Crippen MR) is 75.9 cm³/mol. The summed E-state index contributed by atoms with van der Waals surface area (Å²) in [5.74, 6) is -0.0412. The molecular formula is C14H15N3O3. The zero-order valence-electron chi connectivity index (χ0n) is 11.0. The maximum atomic E-state index is 11.1. The van der Waals surface area contributed by atoms with Crippen molar-refractivity contribution < 1.29 is 14.6 Å². The Bertz CT molecular complexity index is 629. The van der Waals surface area contributed by atoms with E-state index in [1.54, 1.807) is 7.11 Å². The van der Waals surface area contributed by atoms with E-state index in [9.17, 15) is 4.79 Å². The van der Waals surface area contributed by atoms with Crippen LogP contribution in [0.4, 0.5) is 11.5 Å². The summed E-state index contributed by atoms with van der Waals surface area (Å²) in [5, 5.41) is 12.1. The van der Waals surface area contributed by atoms with Gasteiger partial charge in [-0.1, -0.05) is 12.1 Å². The number of benzene rings is 1. The van der Waals surface area contributed by atoms with Gasteiger partial charge in [0.15, 0.2) is 0 Å². The van der Waals surface area contributed by atoms with E-state index in [2.05, 4.69) is 10.3 Å². The monoisotopic (exact) mass is 273 g/mol. The minimum atomic E-state index is -1.07. The molecule has 104 valence electrons. The number of anilines is 2. The molecule has 4 N–H and O–H groups in total. The van der Waals surface area contributed by atoms with Crippen LogP contribution in [0.5, 0.6) is 5.75 Å². The van der Waals surface area contributed by atoms with Crippen molar-refractivity contribution in [3.05, 3.63) is 47.7 Å². The molecule has 0 saturated heterocycles. The van der Waals surface area contributed by atoms with Gasteiger partial charge in [0.05, 0.1) is 19.0 Å². The van der Waals surface area contributed by atoms with Crippen LogP contribution in [0.1, 0.15) is 15.9 Å². The van der Waals surface area contributed by atoms with Crippen LogP contribution >= 0.6 is 0 Å². The standard InChI is InChI=1S/C14H15N3O3/c1-20-11-4-2-3-9(5-11)7-16-13-12(14(18)19)6-10(15)8-17-13/h2-6,8H,7,15H2,1H3,(H,16,17)(H,18,19). The number of nitrogens with zero attached hydrogens (tertiary/aromatic N) is 1. The molecule has 0 aliphatic rings. The Morgan fingerprint density at radius 3 is 2.95 bits per heavy atom. The van der Waals surface area contributed by atoms with Gasteiger partial charge >= 0.3 is 5.97 Å². The third-order valence-electron chi connectivity index (χ3n) is 2.73. The number of aromatic carboxylic acids is 1. The van der Waals surface area contributed by atoms with E-state index in [1.165, 1.54) is 12.3 Å². The molecular weight excluding hydrogens is 258 g/mol. The molecule has 0 amide bonds. The molecule has 2 rings (SSSR count). The highest BCUT2D eigenvalue weighted by atomic mass is 16.5. The zero-order valence-corrected chi connectivity index (χ0v) is 11.0. The summed E-state index contributed by atoms with van der Waals surface area (Å²) in [4.78, 5) is 15.1. The quantitative estimate of drug-likeness (QED) is 0.770. The number of carbonyl (C=O) groups is 1. The van der Waals surface area contributed by atoms with Gasteiger partial charge in [0.25, 0.3) is 0 Å². The van der Waals surface area contributed by atoms with E-state index in [1.807, 2.05) is 24.3 Å². The molecule has 0 aliphatic heterocycles. The number of hydrogen-bond donors (Lipinski definition) is 3. The van der Waals surface area contributed by atoms with Gasteiger partial charge in [-0.3, -0.25) is 0 Å². The van der Waals surface area contributed by atoms with Gasteiger partial charge < -0.3 is 20.9 Å². The molecule has 1 aromatic carbocycles. The summed E-state index contributed by atoms with van der Waals surface area (Å²) in [6.07, 6.45) is 1.42. The first kappa shape index (κ1) is 13.7. The molecule has 6 nitrogen and oxygen atoms in total. The molecule has 0 fully saturated rings. The number of carboxylic acid groups (broad SMARTS) is 1. The van der Waals surface area contributed by atoms with E-state index in [0.29, 0.717) is 12.2 Å². The van der Waals surface area contributed by atoms with Crippen LogP contribution < -0.4 is 15.8 Å². The number of nitrogen functional groups attached to an aromatic ring is 1. The van der Waals surface area contributed by atoms with Gasteiger partial charge in [0.2, 0.25) is 0 Å². The average molecular weight is 273 g/mol. The van der Waals surface area contributed by atoms with E-state index in [-0.39, 0.29) is 11.4 Å². The fourth-order valence-electron chi connectivity index (χ4n) is 1.75. The second-order valence-electron chi connectivity index (χ2n) is 4.18. The largest absolute Gasteiger partial charge is 0.497 e. The molecule has 0 atom stereocenters. The fraction of sp³-hybridized carbons (Fsp3) is 0.143. The van der Waals surface area contributed by atoms with Gasteiger partial charge in [-0.05, 0) is 23.8 Å². The lowest BCUT2D eigenvalue weighted by atomic mass is 10.2. The lowest BCUT2D eigenvalue weighted by Crippen LogP contribution is -2.09. The summed E-state index contributed by atoms with van der Waals surface area (Å²) in [5.41, 5.74) is 6.86. The van der Waals surface area contributed by atoms with Crippen LogP contribution in [0, 0.1) is 0 Å². The first-order valence-electron chi connectivity index (χ1n) is 5.96. The Kier molecular flexibility index (Phi) is 4.05. The highest BCUT2D eigenvalue weighted by molar-refractivity contribution is 5.94. The average Bonchev–Trinajstić information content (AvgIpc) is 2.46. The van der Waals surface area contributed by atoms with E-state index >= 15 is 0 Å². The number of nitrogens with one attached hydrogen (secondary N) is 1. The summed E-state index contributed by atoms with van der Waals surface area (Å²) in [6.45, 7) is 0.439. The summed E-state index contributed by atoms with van der Waals surface area (Å²) in [7, 11) is 1.59. The Hall–Kier alpha value is -2.76. The highest BCUT2D eigenvalue weighted by Gasteiger charge is 2.11. The van der Waals surface area contributed by atoms with Crippen molar-refractivity contribution in [1.82, 2.24) is 4.98 Å². The van der Waals surface area contributed by atoms with Crippen LogP contribution in [0.15, 0.2) is 36.5 Å². The highest BCUT2D eigenvalue weighted by Crippen LogP contribution is 2.18. The third kappa shape index (κ3) is 3.17. The number of hydrogen-bond acceptors (Lipinski definition) is 5. The van der Waals surface area contributed by atoms with Crippen molar-refractivity contribution in [2.45, 2.75) is 6.54 Å². The number of ether oxygens (including phenoxy) is 1. The summed E-state index contributed by atoms with van der Waals surface area (Å²) < 4.78 is 5.13. The van der Waals surface area contributed by atoms with Gasteiger partial charge in [0, 0.05) is 6.54 Å². The first-order valence-corrected chi connectivity index (χ1v) is 5.96. The van der Waals surface area contributed by atoms with Crippen LogP contribution in [-0.4, -0.2) is 23.2 Å². The minimum absolute atomic E-state index is 0.0490. The molecule has 2 aromatic rings. The minimum Gasteiger partial charge on any atom is -0.497 e. The molecule has 6 heteroatoms. The number of carboxylic acids is 1. The molecule has 0 bridgehead atoms. The van der Waals surface area contributed by atoms with Crippen LogP contribution in [0.3, 0.4) is 0 Å². The fourth-order valence-corrected chi connectivity index (χ4v) is 1.75. The number of methoxy groups -OCH3 is 1. The zero-order chi connectivity index (χ0) is 14.5. The lowest BCUT2D eigenvalue weighted by Gasteiger charge is -2.10. The number of nitrogens with two attached hydrogens (primary N) is 1. The molecule has 0 unspecified atom stereocenters. The lowest BCUT2D eigenvalue weighted by molar-refractivity contribution is 0.0697. The second-order valence-corrected chi connectivity index (χ2v) is 4.18. The predicted octanol–water partition coefficient (Wildman–Crippen LogP) is 1.98. The van der Waals surface area contributed by atoms with E-state index in [0.717, 1.165) is 11.3 Å². The molecule has 0 saturated carbocycles. The van der Waals surface area contributed by atoms with Crippen LogP contribution in [0.25, 0.3) is 0 Å². The van der Waals surface area contributed by atoms with Crippen molar-refractivity contribution in [2.24, 2.45) is 0 Å². The van der Waals surface area contributed by atoms with Crippen LogP contribution in [0.2, 0.25) is 0 Å². The second kappa shape index (κ2) is 5.92. The number of rotatable bonds is 5. The van der Waals surface area contributed by atoms with Gasteiger partial charge in [-0.25, -0.2) is 9.78 Å². The summed E-state index contributed by atoms with van der Waals surface area (Å²) in [6, 6.07) is 8.86.